The molecule has 3 rings (SSSR count). The molecule has 2 atom stereocenters. The van der Waals surface area contributed by atoms with Crippen molar-refractivity contribution in [3.05, 3.63) is 35.1 Å². The third-order valence-corrected chi connectivity index (χ3v) is 4.02. The number of nitrogens with zero attached hydrogens (tertiary/aromatic N) is 1. The van der Waals surface area contributed by atoms with Crippen LogP contribution in [-0.2, 0) is 11.3 Å². The summed E-state index contributed by atoms with van der Waals surface area (Å²) in [5.74, 6) is 5.27. The van der Waals surface area contributed by atoms with E-state index in [-0.39, 0.29) is 12.4 Å². The largest absolute Gasteiger partial charge is 0.395 e. The lowest BCUT2D eigenvalue weighted by atomic mass is 10.1. The summed E-state index contributed by atoms with van der Waals surface area (Å²) >= 11 is 0. The van der Waals surface area contributed by atoms with E-state index in [9.17, 15) is 4.39 Å². The molecule has 4 heteroatoms. The number of halogens is 1. The SMILES string of the molecule is OCCC#Cc1cc(CN2CC3CCC(C2)O3)ccc1F. The summed E-state index contributed by atoms with van der Waals surface area (Å²) in [6.45, 7) is 2.73. The molecule has 2 bridgehead atoms. The predicted octanol–water partition coefficient (Wildman–Crippen LogP) is 1.92. The highest BCUT2D eigenvalue weighted by atomic mass is 19.1. The first-order valence-electron chi connectivity index (χ1n) is 7.50. The van der Waals surface area contributed by atoms with Crippen LogP contribution in [0.2, 0.25) is 0 Å². The zero-order valence-corrected chi connectivity index (χ0v) is 12.0. The van der Waals surface area contributed by atoms with Crippen molar-refractivity contribution < 1.29 is 14.2 Å². The third-order valence-electron chi connectivity index (χ3n) is 4.02. The molecule has 2 saturated heterocycles. The van der Waals surface area contributed by atoms with Crippen LogP contribution in [0.15, 0.2) is 18.2 Å². The fourth-order valence-corrected chi connectivity index (χ4v) is 3.07. The van der Waals surface area contributed by atoms with Crippen LogP contribution in [0.25, 0.3) is 0 Å². The maximum absolute atomic E-state index is 13.7. The second kappa shape index (κ2) is 6.57. The summed E-state index contributed by atoms with van der Waals surface area (Å²) in [7, 11) is 0. The van der Waals surface area contributed by atoms with Crippen LogP contribution >= 0.6 is 0 Å². The molecule has 1 aromatic carbocycles. The van der Waals surface area contributed by atoms with Crippen molar-refractivity contribution in [1.82, 2.24) is 4.90 Å². The van der Waals surface area contributed by atoms with Gasteiger partial charge < -0.3 is 9.84 Å². The second-order valence-corrected chi connectivity index (χ2v) is 5.74. The lowest BCUT2D eigenvalue weighted by molar-refractivity contribution is -0.0410. The minimum absolute atomic E-state index is 0.00483. The quantitative estimate of drug-likeness (QED) is 0.863. The first-order chi connectivity index (χ1) is 10.2. The van der Waals surface area contributed by atoms with Crippen LogP contribution in [-0.4, -0.2) is 41.9 Å². The molecule has 21 heavy (non-hydrogen) atoms. The molecule has 2 fully saturated rings. The fraction of sp³-hybridized carbons (Fsp3) is 0.529. The first-order valence-corrected chi connectivity index (χ1v) is 7.50. The predicted molar refractivity (Wildman–Crippen MR) is 78.2 cm³/mol. The van der Waals surface area contributed by atoms with E-state index < -0.39 is 0 Å². The van der Waals surface area contributed by atoms with Gasteiger partial charge in [-0.05, 0) is 30.5 Å². The maximum Gasteiger partial charge on any atom is 0.138 e. The summed E-state index contributed by atoms with van der Waals surface area (Å²) in [6.07, 6.45) is 3.42. The third kappa shape index (κ3) is 3.62. The molecule has 2 heterocycles. The molecule has 0 spiro atoms. The Morgan fingerprint density at radius 1 is 1.29 bits per heavy atom. The van der Waals surface area contributed by atoms with Crippen molar-refractivity contribution in [2.45, 2.75) is 38.0 Å². The van der Waals surface area contributed by atoms with Gasteiger partial charge in [0.25, 0.3) is 0 Å². The van der Waals surface area contributed by atoms with E-state index in [2.05, 4.69) is 16.7 Å². The molecule has 2 unspecified atom stereocenters. The highest BCUT2D eigenvalue weighted by molar-refractivity contribution is 5.38. The lowest BCUT2D eigenvalue weighted by Gasteiger charge is -2.32. The molecule has 0 amide bonds. The Morgan fingerprint density at radius 3 is 2.76 bits per heavy atom. The van der Waals surface area contributed by atoms with E-state index in [1.807, 2.05) is 12.1 Å². The highest BCUT2D eigenvalue weighted by Crippen LogP contribution is 2.27. The Bertz CT molecular complexity index is 552. The highest BCUT2D eigenvalue weighted by Gasteiger charge is 2.33. The number of benzene rings is 1. The van der Waals surface area contributed by atoms with Gasteiger partial charge in [0, 0.05) is 26.1 Å². The Kier molecular flexibility index (Phi) is 4.54. The molecule has 0 aromatic heterocycles. The number of hydrogen-bond donors (Lipinski definition) is 1. The molecular weight excluding hydrogens is 269 g/mol. The summed E-state index contributed by atoms with van der Waals surface area (Å²) in [5, 5.41) is 8.73. The molecule has 1 N–H and O–H groups in total. The zero-order valence-electron chi connectivity index (χ0n) is 12.0. The molecule has 0 saturated carbocycles. The number of likely N-dealkylation sites (tertiary alicyclic amines) is 1. The Balaban J connectivity index is 1.68. The molecule has 3 nitrogen and oxygen atoms in total. The minimum atomic E-state index is -0.300. The first kappa shape index (κ1) is 14.5. The smallest absolute Gasteiger partial charge is 0.138 e. The van der Waals surface area contributed by atoms with E-state index in [0.29, 0.717) is 24.2 Å². The van der Waals surface area contributed by atoms with E-state index >= 15 is 0 Å². The Hall–Kier alpha value is -1.41. The number of aliphatic hydroxyl groups is 1. The number of hydrogen-bond acceptors (Lipinski definition) is 3. The van der Waals surface area contributed by atoms with Crippen LogP contribution in [0.3, 0.4) is 0 Å². The van der Waals surface area contributed by atoms with Gasteiger partial charge >= 0.3 is 0 Å². The molecule has 0 radical (unpaired) electrons. The van der Waals surface area contributed by atoms with Gasteiger partial charge in [-0.3, -0.25) is 4.90 Å². The number of aliphatic hydroxyl groups excluding tert-OH is 1. The van der Waals surface area contributed by atoms with Crippen molar-refractivity contribution >= 4 is 0 Å². The normalized spacial score (nSPS) is 24.7. The second-order valence-electron chi connectivity index (χ2n) is 5.74. The van der Waals surface area contributed by atoms with Gasteiger partial charge in [0.1, 0.15) is 5.82 Å². The fourth-order valence-electron chi connectivity index (χ4n) is 3.07. The van der Waals surface area contributed by atoms with Crippen molar-refractivity contribution in [1.29, 1.82) is 0 Å². The molecule has 1 aromatic rings. The average molecular weight is 289 g/mol. The van der Waals surface area contributed by atoms with Crippen LogP contribution in [0.1, 0.15) is 30.4 Å². The van der Waals surface area contributed by atoms with Gasteiger partial charge in [-0.15, -0.1) is 0 Å². The van der Waals surface area contributed by atoms with Crippen molar-refractivity contribution in [3.63, 3.8) is 0 Å². The number of morpholine rings is 1. The van der Waals surface area contributed by atoms with Gasteiger partial charge in [-0.25, -0.2) is 4.39 Å². The number of ether oxygens (including phenoxy) is 1. The summed E-state index contributed by atoms with van der Waals surface area (Å²) in [4.78, 5) is 2.38. The van der Waals surface area contributed by atoms with Gasteiger partial charge in [0.2, 0.25) is 0 Å². The van der Waals surface area contributed by atoms with Crippen LogP contribution in [0.4, 0.5) is 4.39 Å². The van der Waals surface area contributed by atoms with Gasteiger partial charge in [0.05, 0.1) is 24.4 Å². The maximum atomic E-state index is 13.7. The Morgan fingerprint density at radius 2 is 2.05 bits per heavy atom. The average Bonchev–Trinajstić information content (AvgIpc) is 2.81. The van der Waals surface area contributed by atoms with Crippen molar-refractivity contribution in [2.24, 2.45) is 0 Å². The number of fused-ring (bicyclic) bond motifs is 2. The molecule has 2 aliphatic heterocycles. The number of rotatable bonds is 3. The van der Waals surface area contributed by atoms with Crippen LogP contribution < -0.4 is 0 Å². The summed E-state index contributed by atoms with van der Waals surface area (Å²) in [6, 6.07) is 5.12. The van der Waals surface area contributed by atoms with E-state index in [0.717, 1.165) is 38.0 Å². The van der Waals surface area contributed by atoms with E-state index in [1.165, 1.54) is 6.07 Å². The van der Waals surface area contributed by atoms with Gasteiger partial charge in [-0.1, -0.05) is 17.9 Å². The Labute approximate surface area is 124 Å². The topological polar surface area (TPSA) is 32.7 Å². The summed E-state index contributed by atoms with van der Waals surface area (Å²) in [5.41, 5.74) is 1.49. The van der Waals surface area contributed by atoms with Crippen LogP contribution in [0, 0.1) is 17.7 Å². The summed E-state index contributed by atoms with van der Waals surface area (Å²) < 4.78 is 19.5. The van der Waals surface area contributed by atoms with E-state index in [1.54, 1.807) is 0 Å². The van der Waals surface area contributed by atoms with E-state index in [4.69, 9.17) is 9.84 Å². The molecule has 2 aliphatic rings. The molecule has 0 aliphatic carbocycles. The zero-order chi connectivity index (χ0) is 14.7. The van der Waals surface area contributed by atoms with Crippen molar-refractivity contribution in [2.75, 3.05) is 19.7 Å². The monoisotopic (exact) mass is 289 g/mol. The lowest BCUT2D eigenvalue weighted by Crippen LogP contribution is -2.41. The van der Waals surface area contributed by atoms with Crippen molar-refractivity contribution in [3.8, 4) is 11.8 Å². The van der Waals surface area contributed by atoms with Gasteiger partial charge in [-0.2, -0.15) is 0 Å². The molecular formula is C17H20FNO2. The molecule has 112 valence electrons. The van der Waals surface area contributed by atoms with Gasteiger partial charge in [0.15, 0.2) is 0 Å². The van der Waals surface area contributed by atoms with Crippen LogP contribution in [0.5, 0.6) is 0 Å². The standard InChI is InChI=1S/C17H20FNO2/c18-17-7-4-13(9-14(17)3-1-2-8-20)10-19-11-15-5-6-16(12-19)21-15/h4,7,9,15-16,20H,2,5-6,8,10-12H2. The minimum Gasteiger partial charge on any atom is -0.395 e.